The molecule has 0 aliphatic heterocycles. The normalized spacial score (nSPS) is 10.5. The van der Waals surface area contributed by atoms with Crippen LogP contribution in [0, 0.1) is 0 Å². The Kier molecular flexibility index (Phi) is 7.78. The van der Waals surface area contributed by atoms with E-state index in [1.54, 1.807) is 48.5 Å². The SMILES string of the molecule is COc1cc(C=NNC(=O)COc2ccccc2Br)ccc1OC(=O)c1ccccc1. The van der Waals surface area contributed by atoms with E-state index in [-0.39, 0.29) is 12.4 Å². The third-order valence-electron chi connectivity index (χ3n) is 4.00. The van der Waals surface area contributed by atoms with Gasteiger partial charge in [0.15, 0.2) is 18.1 Å². The van der Waals surface area contributed by atoms with Crippen LogP contribution < -0.4 is 19.6 Å². The van der Waals surface area contributed by atoms with Crippen LogP contribution in [0.1, 0.15) is 15.9 Å². The van der Waals surface area contributed by atoms with Crippen molar-refractivity contribution in [1.82, 2.24) is 5.43 Å². The van der Waals surface area contributed by atoms with Gasteiger partial charge >= 0.3 is 5.97 Å². The number of esters is 1. The standard InChI is InChI=1S/C23H19BrN2O5/c1-29-21-13-16(11-12-20(21)31-23(28)17-7-3-2-4-8-17)14-25-26-22(27)15-30-19-10-6-5-9-18(19)24/h2-14H,15H2,1H3,(H,26,27). The van der Waals surface area contributed by atoms with Crippen LogP contribution in [0.25, 0.3) is 0 Å². The van der Waals surface area contributed by atoms with E-state index in [4.69, 9.17) is 14.2 Å². The summed E-state index contributed by atoms with van der Waals surface area (Å²) in [4.78, 5) is 24.1. The van der Waals surface area contributed by atoms with E-state index in [0.29, 0.717) is 22.6 Å². The van der Waals surface area contributed by atoms with Crippen molar-refractivity contribution in [3.8, 4) is 17.2 Å². The highest BCUT2D eigenvalue weighted by atomic mass is 79.9. The Hall–Kier alpha value is -3.65. The lowest BCUT2D eigenvalue weighted by atomic mass is 10.2. The first-order valence-corrected chi connectivity index (χ1v) is 10.0. The lowest BCUT2D eigenvalue weighted by Gasteiger charge is -2.10. The van der Waals surface area contributed by atoms with Crippen LogP contribution in [0.4, 0.5) is 0 Å². The molecule has 0 saturated carbocycles. The third kappa shape index (κ3) is 6.42. The monoisotopic (exact) mass is 482 g/mol. The van der Waals surface area contributed by atoms with Gasteiger partial charge < -0.3 is 14.2 Å². The number of halogens is 1. The summed E-state index contributed by atoms with van der Waals surface area (Å²) in [6.45, 7) is -0.183. The largest absolute Gasteiger partial charge is 0.493 e. The van der Waals surface area contributed by atoms with Crippen molar-refractivity contribution in [3.05, 3.63) is 88.4 Å². The number of para-hydroxylation sites is 1. The van der Waals surface area contributed by atoms with Gasteiger partial charge in [0.25, 0.3) is 5.91 Å². The molecule has 0 aliphatic carbocycles. The maximum atomic E-state index is 12.2. The highest BCUT2D eigenvalue weighted by molar-refractivity contribution is 9.10. The van der Waals surface area contributed by atoms with Crippen molar-refractivity contribution in [2.75, 3.05) is 13.7 Å². The van der Waals surface area contributed by atoms with Crippen molar-refractivity contribution in [2.24, 2.45) is 5.10 Å². The maximum Gasteiger partial charge on any atom is 0.343 e. The second-order valence-corrected chi connectivity index (χ2v) is 7.03. The van der Waals surface area contributed by atoms with Gasteiger partial charge in [-0.3, -0.25) is 4.79 Å². The summed E-state index contributed by atoms with van der Waals surface area (Å²) in [5.41, 5.74) is 3.47. The number of rotatable bonds is 8. The molecular weight excluding hydrogens is 464 g/mol. The zero-order valence-corrected chi connectivity index (χ0v) is 18.2. The Bertz CT molecular complexity index is 1090. The van der Waals surface area contributed by atoms with Crippen LogP contribution in [0.15, 0.2) is 82.4 Å². The minimum absolute atomic E-state index is 0.183. The van der Waals surface area contributed by atoms with E-state index in [2.05, 4.69) is 26.5 Å². The quantitative estimate of drug-likeness (QED) is 0.225. The van der Waals surface area contributed by atoms with Gasteiger partial charge in [0.2, 0.25) is 0 Å². The molecule has 0 fully saturated rings. The number of ether oxygens (including phenoxy) is 3. The molecule has 8 heteroatoms. The van der Waals surface area contributed by atoms with Gasteiger partial charge in [0, 0.05) is 0 Å². The van der Waals surface area contributed by atoms with E-state index < -0.39 is 11.9 Å². The second-order valence-electron chi connectivity index (χ2n) is 6.18. The number of carbonyl (C=O) groups is 2. The number of nitrogens with zero attached hydrogens (tertiary/aromatic N) is 1. The average Bonchev–Trinajstić information content (AvgIpc) is 2.80. The molecule has 0 bridgehead atoms. The molecule has 3 rings (SSSR count). The van der Waals surface area contributed by atoms with Gasteiger partial charge in [-0.05, 0) is 64.0 Å². The molecule has 7 nitrogen and oxygen atoms in total. The zero-order chi connectivity index (χ0) is 22.1. The predicted molar refractivity (Wildman–Crippen MR) is 120 cm³/mol. The third-order valence-corrected chi connectivity index (χ3v) is 4.65. The number of nitrogens with one attached hydrogen (secondary N) is 1. The van der Waals surface area contributed by atoms with Crippen LogP contribution >= 0.6 is 15.9 Å². The fourth-order valence-corrected chi connectivity index (χ4v) is 2.90. The Morgan fingerprint density at radius 1 is 0.968 bits per heavy atom. The minimum atomic E-state index is -0.488. The van der Waals surface area contributed by atoms with Crippen molar-refractivity contribution < 1.29 is 23.8 Å². The van der Waals surface area contributed by atoms with E-state index in [1.165, 1.54) is 13.3 Å². The molecule has 0 spiro atoms. The molecule has 31 heavy (non-hydrogen) atoms. The predicted octanol–water partition coefficient (Wildman–Crippen LogP) is 4.21. The first-order chi connectivity index (χ1) is 15.1. The first kappa shape index (κ1) is 22.0. The molecule has 0 unspecified atom stereocenters. The Labute approximate surface area is 187 Å². The second kappa shape index (κ2) is 10.9. The number of hydrazone groups is 1. The van der Waals surface area contributed by atoms with E-state index in [0.717, 1.165) is 4.47 Å². The number of amides is 1. The highest BCUT2D eigenvalue weighted by Gasteiger charge is 2.12. The smallest absolute Gasteiger partial charge is 0.343 e. The van der Waals surface area contributed by atoms with Crippen LogP contribution in [-0.2, 0) is 4.79 Å². The van der Waals surface area contributed by atoms with Gasteiger partial charge in [0.1, 0.15) is 5.75 Å². The Morgan fingerprint density at radius 2 is 1.71 bits per heavy atom. The molecule has 3 aromatic rings. The Morgan fingerprint density at radius 3 is 2.45 bits per heavy atom. The Balaban J connectivity index is 1.56. The van der Waals surface area contributed by atoms with Crippen molar-refractivity contribution >= 4 is 34.0 Å². The number of hydrogen-bond acceptors (Lipinski definition) is 6. The summed E-state index contributed by atoms with van der Waals surface area (Å²) in [7, 11) is 1.47. The number of benzene rings is 3. The molecule has 0 atom stereocenters. The highest BCUT2D eigenvalue weighted by Crippen LogP contribution is 2.28. The summed E-state index contributed by atoms with van der Waals surface area (Å²) in [5, 5.41) is 3.91. The average molecular weight is 483 g/mol. The summed E-state index contributed by atoms with van der Waals surface area (Å²) >= 11 is 3.35. The molecule has 0 radical (unpaired) electrons. The topological polar surface area (TPSA) is 86.2 Å². The van der Waals surface area contributed by atoms with Crippen molar-refractivity contribution in [3.63, 3.8) is 0 Å². The molecule has 3 aromatic carbocycles. The first-order valence-electron chi connectivity index (χ1n) is 9.21. The van der Waals surface area contributed by atoms with Gasteiger partial charge in [-0.1, -0.05) is 30.3 Å². The lowest BCUT2D eigenvalue weighted by Crippen LogP contribution is -2.24. The summed E-state index contributed by atoms with van der Waals surface area (Å²) in [5.74, 6) is 0.299. The molecule has 0 saturated heterocycles. The fraction of sp³-hybridized carbons (Fsp3) is 0.0870. The molecule has 0 aliphatic rings. The van der Waals surface area contributed by atoms with E-state index in [1.807, 2.05) is 24.3 Å². The van der Waals surface area contributed by atoms with E-state index >= 15 is 0 Å². The molecule has 158 valence electrons. The van der Waals surface area contributed by atoms with Gasteiger partial charge in [-0.2, -0.15) is 5.10 Å². The van der Waals surface area contributed by atoms with Crippen LogP contribution in [0.3, 0.4) is 0 Å². The maximum absolute atomic E-state index is 12.2. The molecule has 1 N–H and O–H groups in total. The minimum Gasteiger partial charge on any atom is -0.493 e. The van der Waals surface area contributed by atoms with Crippen LogP contribution in [0.5, 0.6) is 17.2 Å². The molecule has 1 amide bonds. The van der Waals surface area contributed by atoms with E-state index in [9.17, 15) is 9.59 Å². The van der Waals surface area contributed by atoms with Gasteiger partial charge in [-0.25, -0.2) is 10.2 Å². The number of carbonyl (C=O) groups excluding carboxylic acids is 2. The lowest BCUT2D eigenvalue weighted by molar-refractivity contribution is -0.123. The zero-order valence-electron chi connectivity index (χ0n) is 16.6. The summed E-state index contributed by atoms with van der Waals surface area (Å²) in [6, 6.07) is 20.8. The summed E-state index contributed by atoms with van der Waals surface area (Å²) < 4.78 is 16.9. The van der Waals surface area contributed by atoms with Crippen LogP contribution in [-0.4, -0.2) is 31.8 Å². The van der Waals surface area contributed by atoms with Crippen LogP contribution in [0.2, 0.25) is 0 Å². The molecule has 0 heterocycles. The van der Waals surface area contributed by atoms with Gasteiger partial charge in [-0.15, -0.1) is 0 Å². The fourth-order valence-electron chi connectivity index (χ4n) is 2.50. The number of methoxy groups -OCH3 is 1. The van der Waals surface area contributed by atoms with Crippen molar-refractivity contribution in [2.45, 2.75) is 0 Å². The molecular formula is C23H19BrN2O5. The number of hydrogen-bond donors (Lipinski definition) is 1. The van der Waals surface area contributed by atoms with Crippen molar-refractivity contribution in [1.29, 1.82) is 0 Å². The summed E-state index contributed by atoms with van der Waals surface area (Å²) in [6.07, 6.45) is 1.45. The molecule has 0 aromatic heterocycles. The van der Waals surface area contributed by atoms with Gasteiger partial charge in [0.05, 0.1) is 23.4 Å².